The summed E-state index contributed by atoms with van der Waals surface area (Å²) < 4.78 is 2.02. The minimum atomic E-state index is 0. The number of aromatic nitrogens is 2. The van der Waals surface area contributed by atoms with E-state index in [2.05, 4.69) is 20.6 Å². The molecular weight excluding hydrogens is 463 g/mol. The number of halogens is 1. The van der Waals surface area contributed by atoms with Crippen LogP contribution in [0.25, 0.3) is 4.96 Å². The van der Waals surface area contributed by atoms with Crippen molar-refractivity contribution in [2.45, 2.75) is 39.8 Å². The van der Waals surface area contributed by atoms with E-state index >= 15 is 0 Å². The van der Waals surface area contributed by atoms with Crippen LogP contribution in [0.3, 0.4) is 0 Å². The Kier molecular flexibility index (Phi) is 7.69. The zero-order valence-electron chi connectivity index (χ0n) is 15.4. The van der Waals surface area contributed by atoms with Crippen molar-refractivity contribution in [3.63, 3.8) is 0 Å². The number of fused-ring (bicyclic) bond motifs is 1. The molecule has 0 bridgehead atoms. The zero-order chi connectivity index (χ0) is 17.8. The Bertz CT molecular complexity index is 727. The Morgan fingerprint density at radius 2 is 2.31 bits per heavy atom. The molecule has 0 aliphatic carbocycles. The molecule has 0 saturated carbocycles. The van der Waals surface area contributed by atoms with E-state index in [1.54, 1.807) is 11.3 Å². The van der Waals surface area contributed by atoms with Gasteiger partial charge < -0.3 is 15.5 Å². The first-order valence-corrected chi connectivity index (χ1v) is 9.69. The molecule has 1 atom stereocenters. The summed E-state index contributed by atoms with van der Waals surface area (Å²) >= 11 is 1.62. The molecule has 1 saturated heterocycles. The topological polar surface area (TPSA) is 74.0 Å². The Labute approximate surface area is 175 Å². The lowest BCUT2D eigenvalue weighted by Crippen LogP contribution is -2.45. The van der Waals surface area contributed by atoms with E-state index in [1.165, 1.54) is 0 Å². The van der Waals surface area contributed by atoms with Crippen LogP contribution in [0, 0.1) is 5.92 Å². The Morgan fingerprint density at radius 3 is 3.00 bits per heavy atom. The van der Waals surface area contributed by atoms with Crippen molar-refractivity contribution in [2.75, 3.05) is 19.6 Å². The fraction of sp³-hybridized carbons (Fsp3) is 0.588. The van der Waals surface area contributed by atoms with Gasteiger partial charge in [0.15, 0.2) is 10.9 Å². The monoisotopic (exact) mass is 490 g/mol. The zero-order valence-corrected chi connectivity index (χ0v) is 18.6. The number of likely N-dealkylation sites (tertiary alicyclic amines) is 1. The van der Waals surface area contributed by atoms with E-state index in [0.717, 1.165) is 42.7 Å². The van der Waals surface area contributed by atoms with Crippen LogP contribution in [0.1, 0.15) is 32.9 Å². The van der Waals surface area contributed by atoms with Gasteiger partial charge in [0.1, 0.15) is 0 Å². The van der Waals surface area contributed by atoms with Crippen molar-refractivity contribution >= 4 is 52.1 Å². The molecule has 3 heterocycles. The standard InChI is InChI=1S/C17H26N6OS.HI/c1-4-18-16(19-9-14-11-23-7-8-25-17(23)21-14)20-13-5-6-22(10-13)15(24)12(2)3;/h7-8,11-13H,4-6,9-10H2,1-3H3,(H2,18,19,20);1H. The number of hydrogen-bond acceptors (Lipinski definition) is 4. The van der Waals surface area contributed by atoms with E-state index < -0.39 is 0 Å². The summed E-state index contributed by atoms with van der Waals surface area (Å²) in [5, 5.41) is 8.75. The van der Waals surface area contributed by atoms with Crippen molar-refractivity contribution < 1.29 is 4.79 Å². The Hall–Kier alpha value is -1.36. The minimum Gasteiger partial charge on any atom is -0.357 e. The number of hydrogen-bond donors (Lipinski definition) is 2. The number of carbonyl (C=O) groups is 1. The highest BCUT2D eigenvalue weighted by molar-refractivity contribution is 14.0. The molecule has 0 spiro atoms. The molecule has 2 aromatic rings. The number of nitrogens with zero attached hydrogens (tertiary/aromatic N) is 4. The normalized spacial score (nSPS) is 17.6. The van der Waals surface area contributed by atoms with Crippen LogP contribution in [0.2, 0.25) is 0 Å². The number of carbonyl (C=O) groups excluding carboxylic acids is 1. The summed E-state index contributed by atoms with van der Waals surface area (Å²) in [6.07, 6.45) is 4.96. The number of imidazole rings is 1. The quantitative estimate of drug-likeness (QED) is 0.384. The van der Waals surface area contributed by atoms with Gasteiger partial charge in [0.2, 0.25) is 5.91 Å². The lowest BCUT2D eigenvalue weighted by molar-refractivity contribution is -0.133. The Morgan fingerprint density at radius 1 is 1.50 bits per heavy atom. The predicted molar refractivity (Wildman–Crippen MR) is 116 cm³/mol. The van der Waals surface area contributed by atoms with Gasteiger partial charge in [-0.2, -0.15) is 0 Å². The second kappa shape index (κ2) is 9.54. The molecular formula is C17H27IN6OS. The fourth-order valence-corrected chi connectivity index (χ4v) is 3.69. The van der Waals surface area contributed by atoms with Crippen LogP contribution in [-0.2, 0) is 11.3 Å². The number of nitrogens with one attached hydrogen (secondary N) is 2. The molecule has 7 nitrogen and oxygen atoms in total. The summed E-state index contributed by atoms with van der Waals surface area (Å²) in [6.45, 7) is 8.82. The molecule has 26 heavy (non-hydrogen) atoms. The molecule has 2 aromatic heterocycles. The van der Waals surface area contributed by atoms with Gasteiger partial charge in [-0.15, -0.1) is 35.3 Å². The van der Waals surface area contributed by atoms with Crippen LogP contribution in [0.4, 0.5) is 0 Å². The Balaban J connectivity index is 0.00000243. The van der Waals surface area contributed by atoms with Gasteiger partial charge in [0.05, 0.1) is 12.2 Å². The molecule has 144 valence electrons. The van der Waals surface area contributed by atoms with Gasteiger partial charge in [-0.25, -0.2) is 9.98 Å². The maximum atomic E-state index is 12.1. The van der Waals surface area contributed by atoms with Gasteiger partial charge >= 0.3 is 0 Å². The third kappa shape index (κ3) is 5.09. The highest BCUT2D eigenvalue weighted by Crippen LogP contribution is 2.13. The second-order valence-corrected chi connectivity index (χ2v) is 7.46. The highest BCUT2D eigenvalue weighted by atomic mass is 127. The SMILES string of the molecule is CCNC(=NCc1cn2ccsc2n1)NC1CCN(C(=O)C(C)C)C1.I. The van der Waals surface area contributed by atoms with Crippen LogP contribution in [0.5, 0.6) is 0 Å². The summed E-state index contributed by atoms with van der Waals surface area (Å²) in [5.74, 6) is 1.06. The fourth-order valence-electron chi connectivity index (χ4n) is 2.97. The molecule has 0 radical (unpaired) electrons. The summed E-state index contributed by atoms with van der Waals surface area (Å²) in [7, 11) is 0. The van der Waals surface area contributed by atoms with Crippen LogP contribution in [0.15, 0.2) is 22.8 Å². The molecule has 0 aromatic carbocycles. The average molecular weight is 490 g/mol. The number of aliphatic imine (C=N–C) groups is 1. The van der Waals surface area contributed by atoms with Crippen molar-refractivity contribution in [2.24, 2.45) is 10.9 Å². The molecule has 1 unspecified atom stereocenters. The van der Waals surface area contributed by atoms with Gasteiger partial charge in [-0.3, -0.25) is 9.20 Å². The maximum absolute atomic E-state index is 12.1. The molecule has 1 aliphatic heterocycles. The van der Waals surface area contributed by atoms with Crippen LogP contribution in [-0.4, -0.2) is 51.8 Å². The van der Waals surface area contributed by atoms with Gasteiger partial charge in [-0.1, -0.05) is 13.8 Å². The van der Waals surface area contributed by atoms with Crippen LogP contribution < -0.4 is 10.6 Å². The predicted octanol–water partition coefficient (Wildman–Crippen LogP) is 2.33. The highest BCUT2D eigenvalue weighted by Gasteiger charge is 2.27. The van der Waals surface area contributed by atoms with Crippen molar-refractivity contribution in [3.05, 3.63) is 23.5 Å². The third-order valence-corrected chi connectivity index (χ3v) is 4.99. The van der Waals surface area contributed by atoms with E-state index in [1.807, 2.05) is 47.8 Å². The van der Waals surface area contributed by atoms with Crippen molar-refractivity contribution in [1.29, 1.82) is 0 Å². The van der Waals surface area contributed by atoms with Crippen LogP contribution >= 0.6 is 35.3 Å². The molecule has 1 aliphatic rings. The average Bonchev–Trinajstić information content (AvgIpc) is 3.27. The first kappa shape index (κ1) is 20.9. The second-order valence-electron chi connectivity index (χ2n) is 6.59. The number of guanidine groups is 1. The molecule has 2 N–H and O–H groups in total. The molecule has 1 fully saturated rings. The molecule has 9 heteroatoms. The number of amides is 1. The lowest BCUT2D eigenvalue weighted by Gasteiger charge is -2.20. The van der Waals surface area contributed by atoms with E-state index in [-0.39, 0.29) is 41.8 Å². The lowest BCUT2D eigenvalue weighted by atomic mass is 10.2. The van der Waals surface area contributed by atoms with E-state index in [0.29, 0.717) is 6.54 Å². The maximum Gasteiger partial charge on any atom is 0.225 e. The van der Waals surface area contributed by atoms with Gasteiger partial charge in [-0.05, 0) is 13.3 Å². The van der Waals surface area contributed by atoms with E-state index in [4.69, 9.17) is 0 Å². The van der Waals surface area contributed by atoms with Gasteiger partial charge in [0, 0.05) is 49.4 Å². The molecule has 3 rings (SSSR count). The number of rotatable bonds is 5. The van der Waals surface area contributed by atoms with Crippen molar-refractivity contribution in [3.8, 4) is 0 Å². The first-order valence-electron chi connectivity index (χ1n) is 8.81. The summed E-state index contributed by atoms with van der Waals surface area (Å²) in [5.41, 5.74) is 0.951. The first-order chi connectivity index (χ1) is 12.1. The smallest absolute Gasteiger partial charge is 0.225 e. The molecule has 1 amide bonds. The summed E-state index contributed by atoms with van der Waals surface area (Å²) in [6, 6.07) is 0.242. The minimum absolute atomic E-state index is 0. The largest absolute Gasteiger partial charge is 0.357 e. The summed E-state index contributed by atoms with van der Waals surface area (Å²) in [4.78, 5) is 24.2. The number of thiazole rings is 1. The van der Waals surface area contributed by atoms with Crippen molar-refractivity contribution in [1.82, 2.24) is 24.9 Å². The third-order valence-electron chi connectivity index (χ3n) is 4.22. The van der Waals surface area contributed by atoms with Gasteiger partial charge in [0.25, 0.3) is 0 Å². The van der Waals surface area contributed by atoms with E-state index in [9.17, 15) is 4.79 Å².